The van der Waals surface area contributed by atoms with Gasteiger partial charge in [0.25, 0.3) is 5.91 Å². The molecule has 2 amide bonds. The van der Waals surface area contributed by atoms with E-state index in [9.17, 15) is 18.0 Å². The summed E-state index contributed by atoms with van der Waals surface area (Å²) in [6, 6.07) is 6.17. The van der Waals surface area contributed by atoms with Crippen molar-refractivity contribution in [3.8, 4) is 0 Å². The molecule has 0 saturated carbocycles. The summed E-state index contributed by atoms with van der Waals surface area (Å²) < 4.78 is 26.4. The van der Waals surface area contributed by atoms with Crippen LogP contribution in [0.1, 0.15) is 17.3 Å². The van der Waals surface area contributed by atoms with Gasteiger partial charge in [-0.2, -0.15) is 4.31 Å². The first-order valence-electron chi connectivity index (χ1n) is 8.27. The molecule has 2 fully saturated rings. The maximum absolute atomic E-state index is 12.6. The summed E-state index contributed by atoms with van der Waals surface area (Å²) in [5.41, 5.74) is 0.462. The summed E-state index contributed by atoms with van der Waals surface area (Å²) in [4.78, 5) is 25.8. The maximum atomic E-state index is 12.6. The lowest BCUT2D eigenvalue weighted by atomic mass is 10.1. The molecule has 25 heavy (non-hydrogen) atoms. The molecule has 1 aromatic carbocycles. The van der Waals surface area contributed by atoms with Crippen LogP contribution in [0.3, 0.4) is 0 Å². The summed E-state index contributed by atoms with van der Waals surface area (Å²) in [5, 5.41) is 5.88. The molecule has 2 N–H and O–H groups in total. The van der Waals surface area contributed by atoms with E-state index < -0.39 is 10.0 Å². The first kappa shape index (κ1) is 17.8. The molecule has 2 heterocycles. The Labute approximate surface area is 147 Å². The monoisotopic (exact) mass is 366 g/mol. The van der Waals surface area contributed by atoms with E-state index in [0.29, 0.717) is 25.2 Å². The molecular weight excluding hydrogens is 344 g/mol. The molecule has 2 aliphatic heterocycles. The van der Waals surface area contributed by atoms with E-state index in [4.69, 9.17) is 0 Å². The highest BCUT2D eigenvalue weighted by Crippen LogP contribution is 2.18. The lowest BCUT2D eigenvalue weighted by Crippen LogP contribution is -2.51. The standard InChI is InChI=1S/C16H22N4O4S/c1-12-10-19(8-6-17-12)16(22)13-2-4-14(5-3-13)25(23,24)20-9-7-18-15(21)11-20/h2-5,12,17H,6-11H2,1H3,(H,18,21). The molecule has 2 saturated heterocycles. The van der Waals surface area contributed by atoms with Gasteiger partial charge in [-0.1, -0.05) is 0 Å². The van der Waals surface area contributed by atoms with E-state index in [2.05, 4.69) is 10.6 Å². The number of nitrogens with one attached hydrogen (secondary N) is 2. The van der Waals surface area contributed by atoms with Crippen LogP contribution in [0, 0.1) is 0 Å². The number of rotatable bonds is 3. The van der Waals surface area contributed by atoms with Gasteiger partial charge in [0.1, 0.15) is 0 Å². The van der Waals surface area contributed by atoms with E-state index in [1.54, 1.807) is 4.90 Å². The topological polar surface area (TPSA) is 98.8 Å². The number of carbonyl (C=O) groups is 2. The zero-order valence-corrected chi connectivity index (χ0v) is 14.9. The number of hydrogen-bond donors (Lipinski definition) is 2. The number of piperazine rings is 2. The van der Waals surface area contributed by atoms with Crippen LogP contribution in [-0.2, 0) is 14.8 Å². The molecular formula is C16H22N4O4S. The normalized spacial score (nSPS) is 22.5. The van der Waals surface area contributed by atoms with Gasteiger partial charge in [0.2, 0.25) is 15.9 Å². The second kappa shape index (κ2) is 7.11. The Morgan fingerprint density at radius 3 is 2.52 bits per heavy atom. The molecule has 2 aliphatic rings. The molecule has 1 atom stereocenters. The minimum Gasteiger partial charge on any atom is -0.354 e. The number of sulfonamides is 1. The van der Waals surface area contributed by atoms with Crippen molar-refractivity contribution < 1.29 is 18.0 Å². The van der Waals surface area contributed by atoms with Crippen LogP contribution in [0.15, 0.2) is 29.2 Å². The van der Waals surface area contributed by atoms with E-state index in [-0.39, 0.29) is 35.8 Å². The lowest BCUT2D eigenvalue weighted by Gasteiger charge is -2.32. The Kier molecular flexibility index (Phi) is 5.07. The molecule has 0 aromatic heterocycles. The van der Waals surface area contributed by atoms with Gasteiger partial charge in [-0.25, -0.2) is 8.42 Å². The third-order valence-corrected chi connectivity index (χ3v) is 6.26. The first-order chi connectivity index (χ1) is 11.9. The van der Waals surface area contributed by atoms with Crippen molar-refractivity contribution in [1.29, 1.82) is 0 Å². The largest absolute Gasteiger partial charge is 0.354 e. The molecule has 0 bridgehead atoms. The number of nitrogens with zero attached hydrogens (tertiary/aromatic N) is 2. The van der Waals surface area contributed by atoms with Crippen molar-refractivity contribution in [3.63, 3.8) is 0 Å². The Morgan fingerprint density at radius 2 is 1.88 bits per heavy atom. The fourth-order valence-electron chi connectivity index (χ4n) is 3.04. The van der Waals surface area contributed by atoms with Crippen molar-refractivity contribution in [2.24, 2.45) is 0 Å². The fraction of sp³-hybridized carbons (Fsp3) is 0.500. The van der Waals surface area contributed by atoms with Gasteiger partial charge in [0.15, 0.2) is 0 Å². The van der Waals surface area contributed by atoms with Gasteiger partial charge in [-0.15, -0.1) is 0 Å². The molecule has 8 nitrogen and oxygen atoms in total. The van der Waals surface area contributed by atoms with Gasteiger partial charge >= 0.3 is 0 Å². The highest BCUT2D eigenvalue weighted by molar-refractivity contribution is 7.89. The Morgan fingerprint density at radius 1 is 1.16 bits per heavy atom. The first-order valence-corrected chi connectivity index (χ1v) is 9.71. The molecule has 9 heteroatoms. The third kappa shape index (κ3) is 3.83. The van der Waals surface area contributed by atoms with Crippen molar-refractivity contribution in [1.82, 2.24) is 19.8 Å². The van der Waals surface area contributed by atoms with E-state index in [1.165, 1.54) is 24.3 Å². The van der Waals surface area contributed by atoms with Gasteiger partial charge in [-0.3, -0.25) is 9.59 Å². The number of benzene rings is 1. The number of hydrogen-bond acceptors (Lipinski definition) is 5. The highest BCUT2D eigenvalue weighted by Gasteiger charge is 2.29. The van der Waals surface area contributed by atoms with E-state index in [0.717, 1.165) is 10.8 Å². The quantitative estimate of drug-likeness (QED) is 0.733. The zero-order chi connectivity index (χ0) is 18.0. The second-order valence-corrected chi connectivity index (χ2v) is 8.26. The summed E-state index contributed by atoms with van der Waals surface area (Å²) in [7, 11) is -3.73. The van der Waals surface area contributed by atoms with Crippen LogP contribution >= 0.6 is 0 Å². The Bertz CT molecular complexity index is 763. The molecule has 136 valence electrons. The van der Waals surface area contributed by atoms with Crippen molar-refractivity contribution >= 4 is 21.8 Å². The average molecular weight is 366 g/mol. The summed E-state index contributed by atoms with van der Waals surface area (Å²) >= 11 is 0. The van der Waals surface area contributed by atoms with Crippen LogP contribution in [0.25, 0.3) is 0 Å². The summed E-state index contributed by atoms with van der Waals surface area (Å²) in [6.07, 6.45) is 0. The van der Waals surface area contributed by atoms with Crippen LogP contribution in [0.2, 0.25) is 0 Å². The molecule has 0 radical (unpaired) electrons. The zero-order valence-electron chi connectivity index (χ0n) is 14.1. The highest BCUT2D eigenvalue weighted by atomic mass is 32.2. The van der Waals surface area contributed by atoms with Crippen LogP contribution in [0.4, 0.5) is 0 Å². The minimum atomic E-state index is -3.73. The van der Waals surface area contributed by atoms with E-state index in [1.807, 2.05) is 6.92 Å². The Hall–Kier alpha value is -1.97. The van der Waals surface area contributed by atoms with Gasteiger partial charge in [0, 0.05) is 44.3 Å². The Balaban J connectivity index is 1.75. The lowest BCUT2D eigenvalue weighted by molar-refractivity contribution is -0.122. The molecule has 3 rings (SSSR count). The smallest absolute Gasteiger partial charge is 0.253 e. The van der Waals surface area contributed by atoms with Gasteiger partial charge in [0.05, 0.1) is 11.4 Å². The second-order valence-electron chi connectivity index (χ2n) is 6.32. The molecule has 0 spiro atoms. The van der Waals surface area contributed by atoms with Gasteiger partial charge < -0.3 is 15.5 Å². The predicted octanol–water partition coefficient (Wildman–Crippen LogP) is -0.759. The van der Waals surface area contributed by atoms with E-state index >= 15 is 0 Å². The summed E-state index contributed by atoms with van der Waals surface area (Å²) in [6.45, 7) is 4.39. The maximum Gasteiger partial charge on any atom is 0.253 e. The molecule has 1 unspecified atom stereocenters. The minimum absolute atomic E-state index is 0.0902. The fourth-order valence-corrected chi connectivity index (χ4v) is 4.44. The van der Waals surface area contributed by atoms with Crippen molar-refractivity contribution in [2.75, 3.05) is 39.3 Å². The van der Waals surface area contributed by atoms with Crippen LogP contribution in [-0.4, -0.2) is 74.7 Å². The number of carbonyl (C=O) groups excluding carboxylic acids is 2. The SMILES string of the molecule is CC1CN(C(=O)c2ccc(S(=O)(=O)N3CCNC(=O)C3)cc2)CCN1. The van der Waals surface area contributed by atoms with Gasteiger partial charge in [-0.05, 0) is 31.2 Å². The van der Waals surface area contributed by atoms with Crippen molar-refractivity contribution in [2.45, 2.75) is 17.9 Å². The molecule has 1 aromatic rings. The van der Waals surface area contributed by atoms with Crippen LogP contribution < -0.4 is 10.6 Å². The summed E-state index contributed by atoms with van der Waals surface area (Å²) in [5.74, 6) is -0.413. The average Bonchev–Trinajstić information content (AvgIpc) is 2.61. The number of amides is 2. The third-order valence-electron chi connectivity index (χ3n) is 4.40. The predicted molar refractivity (Wildman–Crippen MR) is 91.6 cm³/mol. The van der Waals surface area contributed by atoms with Crippen molar-refractivity contribution in [3.05, 3.63) is 29.8 Å². The van der Waals surface area contributed by atoms with Crippen LogP contribution in [0.5, 0.6) is 0 Å². The molecule has 0 aliphatic carbocycles.